The Bertz CT molecular complexity index is 912. The van der Waals surface area contributed by atoms with Crippen molar-refractivity contribution in [3.63, 3.8) is 0 Å². The molecule has 0 spiro atoms. The van der Waals surface area contributed by atoms with Gasteiger partial charge in [0.25, 0.3) is 0 Å². The number of hydrogen-bond donors (Lipinski definition) is 0. The largest absolute Gasteiger partial charge is 0.469 e. The van der Waals surface area contributed by atoms with E-state index < -0.39 is 11.6 Å². The molecule has 2 aromatic rings. The molecule has 2 atom stereocenters. The van der Waals surface area contributed by atoms with Gasteiger partial charge in [0.2, 0.25) is 5.91 Å². The summed E-state index contributed by atoms with van der Waals surface area (Å²) < 4.78 is 6.31. The van der Waals surface area contributed by atoms with Crippen LogP contribution in [0.5, 0.6) is 5.75 Å². The average molecular weight is 501 g/mol. The number of hydrogen-bond acceptors (Lipinski definition) is 3. The van der Waals surface area contributed by atoms with Crippen molar-refractivity contribution in [1.82, 2.24) is 9.80 Å². The molecular formula is C26H33BrN2O3. The Hall–Kier alpha value is -2.34. The molecule has 3 rings (SSSR count). The number of carbonyl (C=O) groups excluding carboxylic acids is 2. The molecule has 1 saturated heterocycles. The Morgan fingerprint density at radius 3 is 2.25 bits per heavy atom. The molecule has 3 amide bonds. The van der Waals surface area contributed by atoms with E-state index in [2.05, 4.69) is 15.9 Å². The van der Waals surface area contributed by atoms with Gasteiger partial charge in [-0.25, -0.2) is 9.69 Å². The molecule has 0 unspecified atom stereocenters. The molecular weight excluding hydrogens is 468 g/mol. The van der Waals surface area contributed by atoms with Gasteiger partial charge in [-0.2, -0.15) is 0 Å². The summed E-state index contributed by atoms with van der Waals surface area (Å²) in [5.41, 5.74) is 1.50. The van der Waals surface area contributed by atoms with Gasteiger partial charge >= 0.3 is 6.03 Å². The highest BCUT2D eigenvalue weighted by atomic mass is 79.9. The fourth-order valence-electron chi connectivity index (χ4n) is 4.42. The highest BCUT2D eigenvalue weighted by Crippen LogP contribution is 2.47. The second-order valence-electron chi connectivity index (χ2n) is 8.35. The molecule has 172 valence electrons. The van der Waals surface area contributed by atoms with Crippen LogP contribution in [0.3, 0.4) is 0 Å². The predicted molar refractivity (Wildman–Crippen MR) is 131 cm³/mol. The number of benzene rings is 2. The zero-order valence-corrected chi connectivity index (χ0v) is 21.0. The van der Waals surface area contributed by atoms with Crippen LogP contribution in [0.1, 0.15) is 64.1 Å². The zero-order valence-electron chi connectivity index (χ0n) is 19.4. The Morgan fingerprint density at radius 2 is 1.72 bits per heavy atom. The van der Waals surface area contributed by atoms with E-state index in [0.29, 0.717) is 25.1 Å². The zero-order chi connectivity index (χ0) is 23.3. The molecule has 0 aliphatic carbocycles. The SMILES string of the molecule is CCCN(C(=O)N1C(=O)C(CC)(CC)[C@@H]1Oc1ccc(CBr)cc1)[C@H](C)c1ccccc1. The van der Waals surface area contributed by atoms with Gasteiger partial charge in [-0.15, -0.1) is 0 Å². The Kier molecular flexibility index (Phi) is 7.99. The van der Waals surface area contributed by atoms with E-state index >= 15 is 0 Å². The number of amides is 3. The van der Waals surface area contributed by atoms with Crippen molar-refractivity contribution >= 4 is 27.9 Å². The maximum absolute atomic E-state index is 13.7. The fraction of sp³-hybridized carbons (Fsp3) is 0.462. The number of β-lactam (4-membered cyclic amide) rings is 1. The lowest BCUT2D eigenvalue weighted by Crippen LogP contribution is -2.74. The first-order valence-electron chi connectivity index (χ1n) is 11.4. The van der Waals surface area contributed by atoms with Crippen molar-refractivity contribution in [1.29, 1.82) is 0 Å². The summed E-state index contributed by atoms with van der Waals surface area (Å²) >= 11 is 3.45. The molecule has 6 heteroatoms. The van der Waals surface area contributed by atoms with E-state index in [1.165, 1.54) is 4.90 Å². The van der Waals surface area contributed by atoms with E-state index in [0.717, 1.165) is 22.9 Å². The van der Waals surface area contributed by atoms with Gasteiger partial charge in [0.1, 0.15) is 11.2 Å². The number of alkyl halides is 1. The van der Waals surface area contributed by atoms with E-state index in [1.807, 2.05) is 82.3 Å². The standard InChI is InChI=1S/C26H33BrN2O3/c1-5-17-28(19(4)21-11-9-8-10-12-21)25(31)29-23(30)26(6-2,7-3)24(29)32-22-15-13-20(18-27)14-16-22/h8-16,19,24H,5-7,17-18H2,1-4H3/t19-,24+/m1/s1. The first-order valence-corrected chi connectivity index (χ1v) is 12.6. The first kappa shape index (κ1) is 24.3. The number of nitrogens with zero attached hydrogens (tertiary/aromatic N) is 2. The molecule has 0 radical (unpaired) electrons. The molecule has 1 aliphatic rings. The molecule has 0 aromatic heterocycles. The topological polar surface area (TPSA) is 49.9 Å². The van der Waals surface area contributed by atoms with Crippen molar-refractivity contribution in [2.75, 3.05) is 6.54 Å². The van der Waals surface area contributed by atoms with E-state index in [9.17, 15) is 9.59 Å². The fourth-order valence-corrected chi connectivity index (χ4v) is 4.79. The maximum atomic E-state index is 13.7. The number of carbonyl (C=O) groups is 2. The molecule has 32 heavy (non-hydrogen) atoms. The molecule has 0 N–H and O–H groups in total. The number of rotatable bonds is 9. The van der Waals surface area contributed by atoms with E-state index in [1.54, 1.807) is 4.90 Å². The Labute approximate surface area is 199 Å². The van der Waals surface area contributed by atoms with E-state index in [-0.39, 0.29) is 18.0 Å². The minimum Gasteiger partial charge on any atom is -0.469 e. The van der Waals surface area contributed by atoms with Crippen molar-refractivity contribution < 1.29 is 14.3 Å². The number of imide groups is 1. The van der Waals surface area contributed by atoms with Crippen LogP contribution in [0.25, 0.3) is 0 Å². The molecule has 1 aliphatic heterocycles. The molecule has 2 aromatic carbocycles. The lowest BCUT2D eigenvalue weighted by molar-refractivity contribution is -0.192. The van der Waals surface area contributed by atoms with Crippen LogP contribution in [0.4, 0.5) is 4.79 Å². The Balaban J connectivity index is 1.90. The third kappa shape index (κ3) is 4.42. The lowest BCUT2D eigenvalue weighted by Gasteiger charge is -2.54. The second-order valence-corrected chi connectivity index (χ2v) is 8.91. The van der Waals surface area contributed by atoms with Crippen LogP contribution >= 0.6 is 15.9 Å². The average Bonchev–Trinajstić information content (AvgIpc) is 2.83. The quantitative estimate of drug-likeness (QED) is 0.290. The van der Waals surface area contributed by atoms with Crippen molar-refractivity contribution in [2.45, 2.75) is 64.6 Å². The van der Waals surface area contributed by atoms with Gasteiger partial charge in [0.05, 0.1) is 6.04 Å². The molecule has 0 saturated carbocycles. The van der Waals surface area contributed by atoms with Gasteiger partial charge in [-0.3, -0.25) is 4.79 Å². The minimum absolute atomic E-state index is 0.143. The molecule has 1 fully saturated rings. The second kappa shape index (κ2) is 10.5. The highest BCUT2D eigenvalue weighted by Gasteiger charge is 2.63. The summed E-state index contributed by atoms with van der Waals surface area (Å²) in [5.74, 6) is 0.519. The van der Waals surface area contributed by atoms with Crippen LogP contribution in [-0.4, -0.2) is 34.5 Å². The monoisotopic (exact) mass is 500 g/mol. The van der Waals surface area contributed by atoms with Crippen LogP contribution in [-0.2, 0) is 10.1 Å². The maximum Gasteiger partial charge on any atom is 0.330 e. The lowest BCUT2D eigenvalue weighted by atomic mass is 9.72. The smallest absolute Gasteiger partial charge is 0.330 e. The number of ether oxygens (including phenoxy) is 1. The van der Waals surface area contributed by atoms with Crippen LogP contribution in [0, 0.1) is 5.41 Å². The van der Waals surface area contributed by atoms with Gasteiger partial charge in [-0.05, 0) is 49.4 Å². The summed E-state index contributed by atoms with van der Waals surface area (Å²) in [6, 6.07) is 17.3. The van der Waals surface area contributed by atoms with Gasteiger partial charge in [0, 0.05) is 11.9 Å². The van der Waals surface area contributed by atoms with E-state index in [4.69, 9.17) is 4.74 Å². The third-order valence-corrected chi connectivity index (χ3v) is 7.25. The molecule has 5 nitrogen and oxygen atoms in total. The van der Waals surface area contributed by atoms with Crippen LogP contribution in [0.2, 0.25) is 0 Å². The summed E-state index contributed by atoms with van der Waals surface area (Å²) in [6.07, 6.45) is 1.43. The predicted octanol–water partition coefficient (Wildman–Crippen LogP) is 6.53. The van der Waals surface area contributed by atoms with Gasteiger partial charge < -0.3 is 9.64 Å². The van der Waals surface area contributed by atoms with Gasteiger partial charge in [0.15, 0.2) is 6.23 Å². The van der Waals surface area contributed by atoms with Crippen molar-refractivity contribution in [3.8, 4) is 5.75 Å². The molecule has 0 bridgehead atoms. The molecule has 1 heterocycles. The minimum atomic E-state index is -0.683. The van der Waals surface area contributed by atoms with Crippen LogP contribution in [0.15, 0.2) is 54.6 Å². The van der Waals surface area contributed by atoms with Crippen molar-refractivity contribution in [3.05, 3.63) is 65.7 Å². The van der Waals surface area contributed by atoms with Crippen molar-refractivity contribution in [2.24, 2.45) is 5.41 Å². The summed E-state index contributed by atoms with van der Waals surface area (Å²) in [7, 11) is 0. The Morgan fingerprint density at radius 1 is 1.09 bits per heavy atom. The summed E-state index contributed by atoms with van der Waals surface area (Å²) in [6.45, 7) is 8.59. The number of halogens is 1. The summed E-state index contributed by atoms with van der Waals surface area (Å²) in [4.78, 5) is 30.2. The number of urea groups is 1. The highest BCUT2D eigenvalue weighted by molar-refractivity contribution is 9.08. The van der Waals surface area contributed by atoms with Gasteiger partial charge in [-0.1, -0.05) is 79.2 Å². The number of likely N-dealkylation sites (tertiary alicyclic amines) is 1. The summed E-state index contributed by atoms with van der Waals surface area (Å²) in [5, 5.41) is 0.761. The van der Waals surface area contributed by atoms with Crippen LogP contribution < -0.4 is 4.74 Å². The third-order valence-electron chi connectivity index (χ3n) is 6.60. The first-order chi connectivity index (χ1) is 15.4. The normalized spacial score (nSPS) is 18.1.